The van der Waals surface area contributed by atoms with Crippen molar-refractivity contribution in [3.63, 3.8) is 0 Å². The van der Waals surface area contributed by atoms with Crippen molar-refractivity contribution in [1.82, 2.24) is 0 Å². The van der Waals surface area contributed by atoms with Crippen molar-refractivity contribution in [2.45, 2.75) is 24.8 Å². The zero-order valence-electron chi connectivity index (χ0n) is 8.43. The molecule has 0 aliphatic rings. The third-order valence-corrected chi connectivity index (χ3v) is 1.54. The van der Waals surface area contributed by atoms with Crippen LogP contribution in [-0.4, -0.2) is 68.6 Å². The fourth-order valence-electron chi connectivity index (χ4n) is 0.635. The van der Waals surface area contributed by atoms with Crippen molar-refractivity contribution in [2.24, 2.45) is 0 Å². The van der Waals surface area contributed by atoms with Crippen LogP contribution < -0.4 is 0 Å². The van der Waals surface area contributed by atoms with Crippen molar-refractivity contribution in [1.29, 1.82) is 0 Å². The Morgan fingerprint density at radius 2 is 1.19 bits per heavy atom. The molecule has 0 heterocycles. The molecular weight excluding hydrogens is 224 g/mol. The first-order valence-corrected chi connectivity index (χ1v) is 4.38. The molecule has 0 saturated heterocycles. The Balaban J connectivity index is 3.99. The number of hydrogen-bond donors (Lipinski definition) is 6. The van der Waals surface area contributed by atoms with E-state index in [4.69, 9.17) is 30.6 Å². The molecule has 0 aliphatic heterocycles. The Hall–Kier alpha value is -0.900. The molecule has 6 N–H and O–H groups in total. The monoisotopic (exact) mass is 240 g/mol. The molecule has 8 heteroatoms. The van der Waals surface area contributed by atoms with Crippen molar-refractivity contribution in [3.05, 3.63) is 12.5 Å². The minimum atomic E-state index is -1.78. The molecule has 0 aliphatic carbocycles. The number of aliphatic hydroxyl groups excluding tert-OH is 6. The lowest BCUT2D eigenvalue weighted by molar-refractivity contribution is -0.221. The summed E-state index contributed by atoms with van der Waals surface area (Å²) in [6, 6.07) is 0. The van der Waals surface area contributed by atoms with Crippen LogP contribution in [0.25, 0.3) is 0 Å². The van der Waals surface area contributed by atoms with Crippen LogP contribution in [0.3, 0.4) is 0 Å². The van der Waals surface area contributed by atoms with Crippen LogP contribution in [0.2, 0.25) is 0 Å². The van der Waals surface area contributed by atoms with Crippen LogP contribution in [0.1, 0.15) is 0 Å². The summed E-state index contributed by atoms with van der Waals surface area (Å²) in [6.07, 6.45) is -6.67. The van der Waals surface area contributed by atoms with E-state index in [9.17, 15) is 0 Å². The standard InChI is InChI=1S/C8H16O8/c1-4(15-7(13)5(11)2-9)16-8(14)6(12)3-10/h5-14H,1-3H2. The fourth-order valence-corrected chi connectivity index (χ4v) is 0.635. The second kappa shape index (κ2) is 7.39. The maximum Gasteiger partial charge on any atom is 0.276 e. The molecule has 0 saturated carbocycles. The second-order valence-electron chi connectivity index (χ2n) is 2.89. The molecule has 96 valence electrons. The topological polar surface area (TPSA) is 140 Å². The van der Waals surface area contributed by atoms with Gasteiger partial charge in [-0.1, -0.05) is 0 Å². The number of rotatable bonds is 8. The number of hydrogen-bond acceptors (Lipinski definition) is 8. The molecule has 0 bridgehead atoms. The molecule has 4 unspecified atom stereocenters. The van der Waals surface area contributed by atoms with E-state index in [0.29, 0.717) is 0 Å². The fraction of sp³-hybridized carbons (Fsp3) is 0.750. The van der Waals surface area contributed by atoms with Gasteiger partial charge in [0.1, 0.15) is 12.2 Å². The van der Waals surface area contributed by atoms with E-state index >= 15 is 0 Å². The van der Waals surface area contributed by atoms with Gasteiger partial charge in [0.25, 0.3) is 5.95 Å². The molecule has 0 aromatic carbocycles. The number of ether oxygens (including phenoxy) is 2. The summed E-state index contributed by atoms with van der Waals surface area (Å²) in [6.45, 7) is 1.64. The lowest BCUT2D eigenvalue weighted by atomic mass is 10.4. The minimum absolute atomic E-state index is 0.583. The molecule has 0 rings (SSSR count). The molecule has 0 radical (unpaired) electrons. The largest absolute Gasteiger partial charge is 0.433 e. The van der Waals surface area contributed by atoms with Gasteiger partial charge in [0, 0.05) is 0 Å². The van der Waals surface area contributed by atoms with E-state index in [-0.39, 0.29) is 0 Å². The third kappa shape index (κ3) is 5.26. The molecule has 16 heavy (non-hydrogen) atoms. The first-order chi connectivity index (χ1) is 7.42. The molecular formula is C8H16O8. The Bertz CT molecular complexity index is 188. The van der Waals surface area contributed by atoms with Gasteiger partial charge in [-0.05, 0) is 6.58 Å². The Morgan fingerprint density at radius 3 is 1.44 bits per heavy atom. The Morgan fingerprint density at radius 1 is 0.875 bits per heavy atom. The van der Waals surface area contributed by atoms with E-state index in [0.717, 1.165) is 0 Å². The minimum Gasteiger partial charge on any atom is -0.433 e. The lowest BCUT2D eigenvalue weighted by Gasteiger charge is -2.22. The van der Waals surface area contributed by atoms with Crippen LogP contribution in [0.5, 0.6) is 0 Å². The highest BCUT2D eigenvalue weighted by Gasteiger charge is 2.22. The quantitative estimate of drug-likeness (QED) is 0.193. The predicted octanol–water partition coefficient (Wildman–Crippen LogP) is -3.17. The third-order valence-electron chi connectivity index (χ3n) is 1.54. The zero-order chi connectivity index (χ0) is 12.7. The zero-order valence-corrected chi connectivity index (χ0v) is 8.43. The summed E-state index contributed by atoms with van der Waals surface area (Å²) in [5.41, 5.74) is 0. The summed E-state index contributed by atoms with van der Waals surface area (Å²) < 4.78 is 8.89. The van der Waals surface area contributed by atoms with Gasteiger partial charge in [-0.25, -0.2) is 0 Å². The van der Waals surface area contributed by atoms with Crippen LogP contribution in [0.15, 0.2) is 12.5 Å². The van der Waals surface area contributed by atoms with Crippen molar-refractivity contribution in [3.8, 4) is 0 Å². The summed E-state index contributed by atoms with van der Waals surface area (Å²) in [7, 11) is 0. The van der Waals surface area contributed by atoms with Crippen molar-refractivity contribution in [2.75, 3.05) is 13.2 Å². The number of aliphatic hydroxyl groups is 6. The van der Waals surface area contributed by atoms with Crippen LogP contribution in [0, 0.1) is 0 Å². The molecule has 8 nitrogen and oxygen atoms in total. The van der Waals surface area contributed by atoms with Gasteiger partial charge >= 0.3 is 0 Å². The van der Waals surface area contributed by atoms with E-state index < -0.39 is 43.9 Å². The van der Waals surface area contributed by atoms with E-state index in [2.05, 4.69) is 16.1 Å². The van der Waals surface area contributed by atoms with Gasteiger partial charge in [-0.15, -0.1) is 0 Å². The average Bonchev–Trinajstić information content (AvgIpc) is 2.26. The second-order valence-corrected chi connectivity index (χ2v) is 2.89. The summed E-state index contributed by atoms with van der Waals surface area (Å²) in [5.74, 6) is -0.583. The Labute approximate surface area is 91.6 Å². The molecule has 0 aromatic rings. The molecule has 0 fully saturated rings. The van der Waals surface area contributed by atoms with Gasteiger partial charge in [-0.3, -0.25) is 0 Å². The van der Waals surface area contributed by atoms with Crippen LogP contribution >= 0.6 is 0 Å². The Kier molecular flexibility index (Phi) is 6.97. The first kappa shape index (κ1) is 15.1. The highest BCUT2D eigenvalue weighted by molar-refractivity contribution is 4.73. The van der Waals surface area contributed by atoms with Crippen LogP contribution in [0.4, 0.5) is 0 Å². The van der Waals surface area contributed by atoms with Gasteiger partial charge in [0.2, 0.25) is 12.6 Å². The maximum atomic E-state index is 9.03. The predicted molar refractivity (Wildman–Crippen MR) is 49.5 cm³/mol. The van der Waals surface area contributed by atoms with Gasteiger partial charge < -0.3 is 40.1 Å². The average molecular weight is 240 g/mol. The van der Waals surface area contributed by atoms with E-state index in [1.165, 1.54) is 0 Å². The maximum absolute atomic E-state index is 9.03. The molecule has 0 spiro atoms. The van der Waals surface area contributed by atoms with Crippen molar-refractivity contribution < 1.29 is 40.1 Å². The summed E-state index contributed by atoms with van der Waals surface area (Å²) in [5, 5.41) is 52.7. The summed E-state index contributed by atoms with van der Waals surface area (Å²) >= 11 is 0. The molecule has 0 aromatic heterocycles. The van der Waals surface area contributed by atoms with E-state index in [1.807, 2.05) is 0 Å². The lowest BCUT2D eigenvalue weighted by Crippen LogP contribution is -2.35. The smallest absolute Gasteiger partial charge is 0.276 e. The van der Waals surface area contributed by atoms with Gasteiger partial charge in [-0.2, -0.15) is 0 Å². The summed E-state index contributed by atoms with van der Waals surface area (Å²) in [4.78, 5) is 0. The van der Waals surface area contributed by atoms with Gasteiger partial charge in [0.15, 0.2) is 0 Å². The first-order valence-electron chi connectivity index (χ1n) is 4.38. The highest BCUT2D eigenvalue weighted by atomic mass is 16.8. The SMILES string of the molecule is C=C(OC(O)C(O)CO)OC(O)C(O)CO. The molecule has 0 amide bonds. The molecule has 4 atom stereocenters. The van der Waals surface area contributed by atoms with E-state index in [1.54, 1.807) is 0 Å². The van der Waals surface area contributed by atoms with Crippen LogP contribution in [-0.2, 0) is 9.47 Å². The van der Waals surface area contributed by atoms with Gasteiger partial charge in [0.05, 0.1) is 13.2 Å². The van der Waals surface area contributed by atoms with Crippen molar-refractivity contribution >= 4 is 0 Å². The highest BCUT2D eigenvalue weighted by Crippen LogP contribution is 2.08. The normalized spacial score (nSPS) is 18.4.